The summed E-state index contributed by atoms with van der Waals surface area (Å²) in [5.74, 6) is -0.876. The molecule has 3 aliphatic rings. The van der Waals surface area contributed by atoms with Crippen molar-refractivity contribution >= 4 is 11.8 Å². The molecular formula is C24H34O5. The molecule has 0 unspecified atom stereocenters. The maximum absolute atomic E-state index is 13.5. The summed E-state index contributed by atoms with van der Waals surface area (Å²) in [4.78, 5) is 26.6. The molecule has 0 spiro atoms. The van der Waals surface area contributed by atoms with Gasteiger partial charge < -0.3 is 14.3 Å². The number of aliphatic hydroxyl groups is 1. The van der Waals surface area contributed by atoms with Crippen molar-refractivity contribution in [1.82, 2.24) is 0 Å². The van der Waals surface area contributed by atoms with Crippen molar-refractivity contribution in [3.8, 4) is 0 Å². The Bertz CT molecular complexity index is 793. The fourth-order valence-electron chi connectivity index (χ4n) is 6.91. The Morgan fingerprint density at radius 3 is 2.79 bits per heavy atom. The lowest BCUT2D eigenvalue weighted by atomic mass is 9.42. The molecule has 1 heterocycles. The number of furan rings is 1. The minimum absolute atomic E-state index is 0.0159. The highest BCUT2D eigenvalue weighted by Crippen LogP contribution is 2.63. The summed E-state index contributed by atoms with van der Waals surface area (Å²) in [7, 11) is 0. The van der Waals surface area contributed by atoms with Crippen molar-refractivity contribution in [3.63, 3.8) is 0 Å². The zero-order chi connectivity index (χ0) is 21.0. The Balaban J connectivity index is 1.77. The second kappa shape index (κ2) is 7.26. The van der Waals surface area contributed by atoms with E-state index in [9.17, 15) is 14.7 Å². The van der Waals surface area contributed by atoms with Gasteiger partial charge in [0.05, 0.1) is 18.8 Å². The summed E-state index contributed by atoms with van der Waals surface area (Å²) in [6.45, 7) is 8.92. The van der Waals surface area contributed by atoms with Crippen LogP contribution in [0.1, 0.15) is 77.0 Å². The van der Waals surface area contributed by atoms with Gasteiger partial charge in [-0.25, -0.2) is 0 Å². The lowest BCUT2D eigenvalue weighted by Crippen LogP contribution is -2.64. The Hall–Kier alpha value is -1.62. The molecule has 1 aromatic heterocycles. The van der Waals surface area contributed by atoms with Crippen LogP contribution >= 0.6 is 0 Å². The minimum Gasteiger partial charge on any atom is -0.469 e. The number of carbonyl (C=O) groups excluding carboxylic acids is 2. The number of fused-ring (bicyclic) bond motifs is 4. The van der Waals surface area contributed by atoms with Gasteiger partial charge >= 0.3 is 5.97 Å². The van der Waals surface area contributed by atoms with Crippen LogP contribution in [-0.4, -0.2) is 29.6 Å². The fourth-order valence-corrected chi connectivity index (χ4v) is 6.91. The van der Waals surface area contributed by atoms with E-state index in [1.54, 1.807) is 6.26 Å². The van der Waals surface area contributed by atoms with Gasteiger partial charge in [0, 0.05) is 23.8 Å². The van der Waals surface area contributed by atoms with Crippen LogP contribution < -0.4 is 0 Å². The van der Waals surface area contributed by atoms with E-state index < -0.39 is 17.9 Å². The van der Waals surface area contributed by atoms with Crippen LogP contribution in [0.5, 0.6) is 0 Å². The number of carbonyl (C=O) groups is 2. The molecule has 5 nitrogen and oxygen atoms in total. The van der Waals surface area contributed by atoms with Crippen LogP contribution in [0.2, 0.25) is 0 Å². The van der Waals surface area contributed by atoms with Crippen molar-refractivity contribution in [2.45, 2.75) is 78.2 Å². The first-order valence-electron chi connectivity index (χ1n) is 11.2. The Labute approximate surface area is 173 Å². The van der Waals surface area contributed by atoms with Crippen LogP contribution in [0.15, 0.2) is 16.7 Å². The Morgan fingerprint density at radius 1 is 1.31 bits per heavy atom. The Kier molecular flexibility index (Phi) is 5.17. The van der Waals surface area contributed by atoms with E-state index in [4.69, 9.17) is 9.15 Å². The van der Waals surface area contributed by atoms with Gasteiger partial charge in [0.15, 0.2) is 5.78 Å². The number of rotatable bonds is 4. The van der Waals surface area contributed by atoms with Crippen LogP contribution in [-0.2, 0) is 20.7 Å². The molecule has 29 heavy (non-hydrogen) atoms. The molecule has 1 N–H and O–H groups in total. The van der Waals surface area contributed by atoms with Crippen LogP contribution in [0.25, 0.3) is 0 Å². The highest BCUT2D eigenvalue weighted by Gasteiger charge is 2.65. The van der Waals surface area contributed by atoms with Crippen LogP contribution in [0.4, 0.5) is 0 Å². The van der Waals surface area contributed by atoms with E-state index in [-0.39, 0.29) is 34.4 Å². The minimum atomic E-state index is -1.14. The van der Waals surface area contributed by atoms with Gasteiger partial charge in [-0.05, 0) is 42.1 Å². The zero-order valence-corrected chi connectivity index (χ0v) is 18.1. The summed E-state index contributed by atoms with van der Waals surface area (Å²) in [6.07, 6.45) is 5.88. The number of ether oxygens (including phenoxy) is 1. The number of hydrogen-bond acceptors (Lipinski definition) is 5. The Morgan fingerprint density at radius 2 is 2.07 bits per heavy atom. The fraction of sp³-hybridized carbons (Fsp3) is 0.750. The van der Waals surface area contributed by atoms with Gasteiger partial charge in [-0.1, -0.05) is 40.5 Å². The van der Waals surface area contributed by atoms with Crippen molar-refractivity contribution in [3.05, 3.63) is 23.7 Å². The first kappa shape index (κ1) is 20.6. The van der Waals surface area contributed by atoms with Crippen molar-refractivity contribution < 1.29 is 23.8 Å². The van der Waals surface area contributed by atoms with Gasteiger partial charge in [-0.2, -0.15) is 0 Å². The average Bonchev–Trinajstić information content (AvgIpc) is 3.12. The SMILES string of the molecule is CCCCOC(=O)[C@@H]1c2ccoc2C[C@H]2[C@H]1[C@@H](O)C(=O)[C@H]1C(C)(C)CCC[C@]21C. The zero-order valence-electron chi connectivity index (χ0n) is 18.1. The first-order chi connectivity index (χ1) is 13.7. The maximum Gasteiger partial charge on any atom is 0.313 e. The monoisotopic (exact) mass is 402 g/mol. The van der Waals surface area contributed by atoms with E-state index >= 15 is 0 Å². The number of ketones is 1. The highest BCUT2D eigenvalue weighted by molar-refractivity contribution is 5.90. The lowest BCUT2D eigenvalue weighted by Gasteiger charge is -2.61. The third-order valence-electron chi connectivity index (χ3n) is 8.13. The molecule has 0 radical (unpaired) electrons. The normalized spacial score (nSPS) is 38.0. The predicted molar refractivity (Wildman–Crippen MR) is 108 cm³/mol. The van der Waals surface area contributed by atoms with Gasteiger partial charge in [0.1, 0.15) is 11.9 Å². The molecule has 0 saturated heterocycles. The molecule has 0 amide bonds. The second-order valence-electron chi connectivity index (χ2n) is 10.3. The second-order valence-corrected chi connectivity index (χ2v) is 10.3. The third kappa shape index (κ3) is 3.08. The highest BCUT2D eigenvalue weighted by atomic mass is 16.5. The maximum atomic E-state index is 13.5. The van der Waals surface area contributed by atoms with Gasteiger partial charge in [-0.3, -0.25) is 9.59 Å². The number of hydrogen-bond donors (Lipinski definition) is 1. The number of esters is 1. The third-order valence-corrected chi connectivity index (χ3v) is 8.13. The lowest BCUT2D eigenvalue weighted by molar-refractivity contribution is -0.181. The molecule has 2 saturated carbocycles. The van der Waals surface area contributed by atoms with Crippen molar-refractivity contribution in [2.75, 3.05) is 6.61 Å². The number of unbranched alkanes of at least 4 members (excludes halogenated alkanes) is 1. The van der Waals surface area contributed by atoms with Crippen molar-refractivity contribution in [1.29, 1.82) is 0 Å². The van der Waals surface area contributed by atoms with E-state index in [1.807, 2.05) is 13.0 Å². The molecular weight excluding hydrogens is 368 g/mol. The van der Waals surface area contributed by atoms with E-state index in [0.717, 1.165) is 43.4 Å². The first-order valence-corrected chi connectivity index (χ1v) is 11.2. The molecule has 3 aliphatic carbocycles. The molecule has 5 heteroatoms. The summed E-state index contributed by atoms with van der Waals surface area (Å²) in [5.41, 5.74) is 0.378. The summed E-state index contributed by atoms with van der Waals surface area (Å²) in [6, 6.07) is 1.81. The standard InChI is InChI=1S/C24H34O5/c1-5-6-11-29-22(27)17-14-8-12-28-16(14)13-15-18(17)19(25)20(26)21-23(2,3)9-7-10-24(15,21)4/h8,12,15,17-19,21,25H,5-7,9-11,13H2,1-4H3/t15-,17+,18+,19+,21-,24+/m0/s1. The largest absolute Gasteiger partial charge is 0.469 e. The van der Waals surface area contributed by atoms with E-state index in [1.165, 1.54) is 0 Å². The van der Waals surface area contributed by atoms with Crippen LogP contribution in [0, 0.1) is 28.6 Å². The smallest absolute Gasteiger partial charge is 0.313 e. The predicted octanol–water partition coefficient (Wildman–Crippen LogP) is 4.27. The molecule has 0 bridgehead atoms. The van der Waals surface area contributed by atoms with Gasteiger partial charge in [-0.15, -0.1) is 0 Å². The van der Waals surface area contributed by atoms with E-state index in [0.29, 0.717) is 13.0 Å². The average molecular weight is 403 g/mol. The van der Waals surface area contributed by atoms with Gasteiger partial charge in [0.25, 0.3) is 0 Å². The summed E-state index contributed by atoms with van der Waals surface area (Å²) >= 11 is 0. The summed E-state index contributed by atoms with van der Waals surface area (Å²) < 4.78 is 11.4. The quantitative estimate of drug-likeness (QED) is 0.601. The van der Waals surface area contributed by atoms with Crippen molar-refractivity contribution in [2.24, 2.45) is 28.6 Å². The molecule has 0 aromatic carbocycles. The molecule has 2 fully saturated rings. The molecule has 0 aliphatic heterocycles. The van der Waals surface area contributed by atoms with Gasteiger partial charge in [0.2, 0.25) is 0 Å². The van der Waals surface area contributed by atoms with E-state index in [2.05, 4.69) is 20.8 Å². The molecule has 4 rings (SSSR count). The number of Topliss-reactive ketones (excluding diaryl/α,β-unsaturated/α-hetero) is 1. The molecule has 1 aromatic rings. The molecule has 6 atom stereocenters. The summed E-state index contributed by atoms with van der Waals surface area (Å²) in [5, 5.41) is 11.2. The topological polar surface area (TPSA) is 76.7 Å². The molecule has 160 valence electrons. The van der Waals surface area contributed by atoms with Crippen LogP contribution in [0.3, 0.4) is 0 Å². The number of aliphatic hydroxyl groups excluding tert-OH is 1.